The van der Waals surface area contributed by atoms with Crippen LogP contribution in [0.15, 0.2) is 83.5 Å². The molecule has 39 heavy (non-hydrogen) atoms. The van der Waals surface area contributed by atoms with Crippen molar-refractivity contribution >= 4 is 18.4 Å². The molecule has 9 heteroatoms. The average Bonchev–Trinajstić information content (AvgIpc) is 3.45. The van der Waals surface area contributed by atoms with Crippen LogP contribution in [-0.4, -0.2) is 53.1 Å². The van der Waals surface area contributed by atoms with E-state index in [0.29, 0.717) is 24.9 Å². The molecule has 0 radical (unpaired) electrons. The minimum atomic E-state index is -1.16. The molecule has 1 heterocycles. The summed E-state index contributed by atoms with van der Waals surface area (Å²) < 4.78 is 10.8. The number of alkyl carbamates (subject to hydrolysis) is 1. The van der Waals surface area contributed by atoms with Crippen LogP contribution >= 0.6 is 0 Å². The van der Waals surface area contributed by atoms with Gasteiger partial charge in [0.1, 0.15) is 18.7 Å². The number of aliphatic hydroxyl groups is 1. The number of benzene rings is 2. The van der Waals surface area contributed by atoms with E-state index in [9.17, 15) is 19.5 Å². The van der Waals surface area contributed by atoms with Gasteiger partial charge in [-0.2, -0.15) is 0 Å². The summed E-state index contributed by atoms with van der Waals surface area (Å²) in [5.41, 5.74) is 1.73. The quantitative estimate of drug-likeness (QED) is 0.265. The maximum absolute atomic E-state index is 13.2. The SMILES string of the molecule is CC(C)C[C@@H](C=O)NC(=O)N(Cc1ccco1)CC(O)C(Cc1ccccc1)NC(=O)OCc1ccccc1. The van der Waals surface area contributed by atoms with Gasteiger partial charge in [-0.05, 0) is 42.0 Å². The lowest BCUT2D eigenvalue weighted by Gasteiger charge is -2.30. The maximum atomic E-state index is 13.2. The van der Waals surface area contributed by atoms with Crippen molar-refractivity contribution in [1.82, 2.24) is 15.5 Å². The van der Waals surface area contributed by atoms with E-state index in [1.165, 1.54) is 11.2 Å². The Kier molecular flexibility index (Phi) is 11.6. The minimum Gasteiger partial charge on any atom is -0.467 e. The van der Waals surface area contributed by atoms with E-state index in [-0.39, 0.29) is 25.6 Å². The summed E-state index contributed by atoms with van der Waals surface area (Å²) in [6, 6.07) is 20.2. The summed E-state index contributed by atoms with van der Waals surface area (Å²) in [5, 5.41) is 16.8. The Morgan fingerprint density at radius 1 is 0.974 bits per heavy atom. The minimum absolute atomic E-state index is 0.0691. The molecule has 0 fully saturated rings. The second-order valence-electron chi connectivity index (χ2n) is 9.85. The van der Waals surface area contributed by atoms with Gasteiger partial charge in [-0.1, -0.05) is 74.5 Å². The highest BCUT2D eigenvalue weighted by molar-refractivity contribution is 5.78. The number of carbonyl (C=O) groups excluding carboxylic acids is 3. The standard InChI is InChI=1S/C30H37N3O6/c1-22(2)16-25(20-34)31-29(36)33(18-26-14-9-15-38-26)19-28(35)27(17-23-10-5-3-6-11-23)32-30(37)39-21-24-12-7-4-8-13-24/h3-15,20,22,25,27-28,35H,16-19,21H2,1-2H3,(H,31,36)(H,32,37)/t25-,27?,28?/m0/s1. The van der Waals surface area contributed by atoms with Crippen molar-refractivity contribution < 1.29 is 28.6 Å². The predicted molar refractivity (Wildman–Crippen MR) is 147 cm³/mol. The van der Waals surface area contributed by atoms with Gasteiger partial charge < -0.3 is 34.6 Å². The predicted octanol–water partition coefficient (Wildman–Crippen LogP) is 4.30. The molecular weight excluding hydrogens is 498 g/mol. The first-order valence-corrected chi connectivity index (χ1v) is 13.1. The molecule has 2 unspecified atom stereocenters. The number of amides is 3. The summed E-state index contributed by atoms with van der Waals surface area (Å²) >= 11 is 0. The second kappa shape index (κ2) is 15.3. The molecule has 0 aliphatic heterocycles. The molecule has 3 N–H and O–H groups in total. The van der Waals surface area contributed by atoms with Crippen molar-refractivity contribution in [3.8, 4) is 0 Å². The molecule has 0 aliphatic rings. The van der Waals surface area contributed by atoms with Crippen LogP contribution in [0.3, 0.4) is 0 Å². The number of nitrogens with one attached hydrogen (secondary N) is 2. The van der Waals surface area contributed by atoms with Crippen molar-refractivity contribution in [1.29, 1.82) is 0 Å². The van der Waals surface area contributed by atoms with Crippen molar-refractivity contribution in [3.05, 3.63) is 95.9 Å². The van der Waals surface area contributed by atoms with Crippen LogP contribution in [0.25, 0.3) is 0 Å². The molecule has 3 atom stereocenters. The molecular formula is C30H37N3O6. The van der Waals surface area contributed by atoms with E-state index < -0.39 is 30.3 Å². The van der Waals surface area contributed by atoms with Crippen molar-refractivity contribution in [2.24, 2.45) is 5.92 Å². The van der Waals surface area contributed by atoms with Gasteiger partial charge in [0.2, 0.25) is 0 Å². The zero-order chi connectivity index (χ0) is 28.0. The van der Waals surface area contributed by atoms with Crippen molar-refractivity contribution in [2.75, 3.05) is 6.54 Å². The lowest BCUT2D eigenvalue weighted by atomic mass is 10.0. The number of rotatable bonds is 14. The fourth-order valence-corrected chi connectivity index (χ4v) is 4.14. The first-order valence-electron chi connectivity index (χ1n) is 13.1. The number of hydrogen-bond acceptors (Lipinski definition) is 6. The molecule has 208 valence electrons. The van der Waals surface area contributed by atoms with Gasteiger partial charge in [-0.15, -0.1) is 0 Å². The Bertz CT molecular complexity index is 1140. The summed E-state index contributed by atoms with van der Waals surface area (Å²) in [7, 11) is 0. The number of ether oxygens (including phenoxy) is 1. The van der Waals surface area contributed by atoms with Crippen LogP contribution < -0.4 is 10.6 Å². The van der Waals surface area contributed by atoms with Gasteiger partial charge in [-0.25, -0.2) is 9.59 Å². The molecule has 3 amide bonds. The number of furan rings is 1. The topological polar surface area (TPSA) is 121 Å². The van der Waals surface area contributed by atoms with Gasteiger partial charge in [0, 0.05) is 0 Å². The maximum Gasteiger partial charge on any atom is 0.407 e. The van der Waals surface area contributed by atoms with E-state index in [0.717, 1.165) is 11.1 Å². The third-order valence-corrected chi connectivity index (χ3v) is 6.10. The smallest absolute Gasteiger partial charge is 0.407 e. The lowest BCUT2D eigenvalue weighted by Crippen LogP contribution is -2.53. The summed E-state index contributed by atoms with van der Waals surface area (Å²) in [5.74, 6) is 0.713. The number of hydrogen-bond donors (Lipinski definition) is 3. The Morgan fingerprint density at radius 2 is 1.64 bits per heavy atom. The number of nitrogens with zero attached hydrogens (tertiary/aromatic N) is 1. The number of urea groups is 1. The number of aliphatic hydroxyl groups excluding tert-OH is 1. The van der Waals surface area contributed by atoms with Crippen LogP contribution in [0.1, 0.15) is 37.2 Å². The largest absolute Gasteiger partial charge is 0.467 e. The van der Waals surface area contributed by atoms with Crippen molar-refractivity contribution in [3.63, 3.8) is 0 Å². The Morgan fingerprint density at radius 3 is 2.23 bits per heavy atom. The zero-order valence-electron chi connectivity index (χ0n) is 22.4. The highest BCUT2D eigenvalue weighted by Gasteiger charge is 2.28. The molecule has 3 aromatic rings. The molecule has 0 saturated heterocycles. The third kappa shape index (κ3) is 10.3. The lowest BCUT2D eigenvalue weighted by molar-refractivity contribution is -0.109. The molecule has 2 aromatic carbocycles. The molecule has 3 rings (SSSR count). The van der Waals surface area contributed by atoms with Crippen LogP contribution in [-0.2, 0) is 29.1 Å². The van der Waals surface area contributed by atoms with Crippen LogP contribution in [0.2, 0.25) is 0 Å². The molecule has 1 aromatic heterocycles. The fraction of sp³-hybridized carbons (Fsp3) is 0.367. The normalized spacial score (nSPS) is 13.2. The van der Waals surface area contributed by atoms with Gasteiger partial charge in [-0.3, -0.25) is 0 Å². The van der Waals surface area contributed by atoms with Gasteiger partial charge >= 0.3 is 12.1 Å². The number of aldehydes is 1. The molecule has 0 aliphatic carbocycles. The highest BCUT2D eigenvalue weighted by Crippen LogP contribution is 2.13. The van der Waals surface area contributed by atoms with Crippen LogP contribution in [0, 0.1) is 5.92 Å². The highest BCUT2D eigenvalue weighted by atomic mass is 16.5. The fourth-order valence-electron chi connectivity index (χ4n) is 4.14. The summed E-state index contributed by atoms with van der Waals surface area (Å²) in [4.78, 5) is 38.8. The molecule has 0 bridgehead atoms. The van der Waals surface area contributed by atoms with E-state index >= 15 is 0 Å². The van der Waals surface area contributed by atoms with E-state index in [4.69, 9.17) is 9.15 Å². The van der Waals surface area contributed by atoms with E-state index in [2.05, 4.69) is 10.6 Å². The monoisotopic (exact) mass is 535 g/mol. The molecule has 0 saturated carbocycles. The Balaban J connectivity index is 1.73. The first kappa shape index (κ1) is 29.4. The van der Waals surface area contributed by atoms with Gasteiger partial charge in [0.05, 0.1) is 37.5 Å². The Labute approximate surface area is 229 Å². The van der Waals surface area contributed by atoms with Crippen molar-refractivity contribution in [2.45, 2.75) is 58.0 Å². The van der Waals surface area contributed by atoms with E-state index in [1.54, 1.807) is 12.1 Å². The summed E-state index contributed by atoms with van der Waals surface area (Å²) in [6.07, 6.45) is 1.16. The van der Waals surface area contributed by atoms with Gasteiger partial charge in [0.15, 0.2) is 0 Å². The average molecular weight is 536 g/mol. The van der Waals surface area contributed by atoms with E-state index in [1.807, 2.05) is 74.5 Å². The first-order chi connectivity index (χ1) is 18.8. The summed E-state index contributed by atoms with van der Waals surface area (Å²) in [6.45, 7) is 3.94. The number of carbonyl (C=O) groups is 3. The van der Waals surface area contributed by atoms with Crippen LogP contribution in [0.4, 0.5) is 9.59 Å². The molecule has 9 nitrogen and oxygen atoms in total. The molecule has 0 spiro atoms. The second-order valence-corrected chi connectivity index (χ2v) is 9.85. The van der Waals surface area contributed by atoms with Gasteiger partial charge in [0.25, 0.3) is 0 Å². The van der Waals surface area contributed by atoms with Crippen LogP contribution in [0.5, 0.6) is 0 Å². The Hall–Kier alpha value is -4.11. The third-order valence-electron chi connectivity index (χ3n) is 6.10. The zero-order valence-corrected chi connectivity index (χ0v) is 22.4.